The van der Waals surface area contributed by atoms with Crippen molar-refractivity contribution in [3.8, 4) is 0 Å². The molecule has 0 saturated heterocycles. The second-order valence-corrected chi connectivity index (χ2v) is 1.75. The molecule has 0 aliphatic heterocycles. The summed E-state index contributed by atoms with van der Waals surface area (Å²) in [4.78, 5) is 12.1. The van der Waals surface area contributed by atoms with Crippen LogP contribution in [-0.2, 0) is 0 Å². The Labute approximate surface area is 57.3 Å². The normalized spacial score (nSPS) is 10.4. The fourth-order valence-electron chi connectivity index (χ4n) is 0.587. The number of hydrogen-bond acceptors (Lipinski definition) is 2. The molecule has 0 atom stereocenters. The fourth-order valence-corrected chi connectivity index (χ4v) is 0.587. The van der Waals surface area contributed by atoms with E-state index in [1.165, 1.54) is 6.08 Å². The van der Waals surface area contributed by atoms with E-state index in [2.05, 4.69) is 4.98 Å². The Kier molecular flexibility index (Phi) is 1.84. The van der Waals surface area contributed by atoms with E-state index in [1.54, 1.807) is 18.5 Å². The first-order chi connectivity index (χ1) is 4.79. The summed E-state index contributed by atoms with van der Waals surface area (Å²) in [5.74, 6) is 0. The molecule has 0 spiro atoms. The summed E-state index contributed by atoms with van der Waals surface area (Å²) in [5, 5.41) is 9.80. The van der Waals surface area contributed by atoms with Crippen LogP contribution in [0.3, 0.4) is 0 Å². The first kappa shape index (κ1) is 6.54. The molecule has 1 N–H and O–H groups in total. The standard InChI is InChI=1S/C6H6N2O2/c9-8(10)4-2-6-1-3-7-5-6/h1-5,7H. The third kappa shape index (κ3) is 1.74. The topological polar surface area (TPSA) is 58.9 Å². The van der Waals surface area contributed by atoms with Gasteiger partial charge in [-0.1, -0.05) is 0 Å². The number of rotatable bonds is 2. The predicted molar refractivity (Wildman–Crippen MR) is 36.8 cm³/mol. The minimum Gasteiger partial charge on any atom is -0.367 e. The Hall–Kier alpha value is -1.58. The van der Waals surface area contributed by atoms with E-state index < -0.39 is 4.92 Å². The first-order valence-corrected chi connectivity index (χ1v) is 2.73. The van der Waals surface area contributed by atoms with E-state index in [9.17, 15) is 10.1 Å². The van der Waals surface area contributed by atoms with Gasteiger partial charge in [-0.05, 0) is 11.6 Å². The maximum absolute atomic E-state index is 9.80. The van der Waals surface area contributed by atoms with Crippen molar-refractivity contribution in [2.24, 2.45) is 0 Å². The van der Waals surface area contributed by atoms with Crippen molar-refractivity contribution in [1.29, 1.82) is 0 Å². The van der Waals surface area contributed by atoms with Crippen LogP contribution in [0.1, 0.15) is 5.56 Å². The molecule has 4 nitrogen and oxygen atoms in total. The van der Waals surface area contributed by atoms with Gasteiger partial charge in [0.05, 0.1) is 4.92 Å². The number of hydrogen-bond donors (Lipinski definition) is 1. The Morgan fingerprint density at radius 1 is 1.70 bits per heavy atom. The number of nitrogens with one attached hydrogen (secondary N) is 1. The summed E-state index contributed by atoms with van der Waals surface area (Å²) in [6, 6.07) is 1.75. The number of aromatic nitrogens is 1. The molecule has 1 aromatic heterocycles. The average molecular weight is 138 g/mol. The van der Waals surface area contributed by atoms with Gasteiger partial charge in [0, 0.05) is 18.5 Å². The molecule has 0 aliphatic rings. The quantitative estimate of drug-likeness (QED) is 0.494. The summed E-state index contributed by atoms with van der Waals surface area (Å²) in [7, 11) is 0. The van der Waals surface area contributed by atoms with E-state index in [4.69, 9.17) is 0 Å². The highest BCUT2D eigenvalue weighted by Gasteiger charge is 1.87. The Morgan fingerprint density at radius 2 is 2.50 bits per heavy atom. The maximum atomic E-state index is 9.80. The molecule has 0 aliphatic carbocycles. The van der Waals surface area contributed by atoms with Gasteiger partial charge in [-0.3, -0.25) is 10.1 Å². The zero-order valence-electron chi connectivity index (χ0n) is 5.15. The van der Waals surface area contributed by atoms with Crippen molar-refractivity contribution in [1.82, 2.24) is 4.98 Å². The Morgan fingerprint density at radius 3 is 3.00 bits per heavy atom. The van der Waals surface area contributed by atoms with Gasteiger partial charge >= 0.3 is 0 Å². The molecule has 1 rings (SSSR count). The molecule has 1 heterocycles. The van der Waals surface area contributed by atoms with Gasteiger partial charge in [-0.2, -0.15) is 0 Å². The lowest BCUT2D eigenvalue weighted by Gasteiger charge is -1.77. The zero-order chi connectivity index (χ0) is 7.40. The van der Waals surface area contributed by atoms with Gasteiger partial charge in [0.15, 0.2) is 0 Å². The first-order valence-electron chi connectivity index (χ1n) is 2.73. The van der Waals surface area contributed by atoms with Crippen LogP contribution < -0.4 is 0 Å². The largest absolute Gasteiger partial charge is 0.367 e. The monoisotopic (exact) mass is 138 g/mol. The summed E-state index contributed by atoms with van der Waals surface area (Å²) in [6.07, 6.45) is 5.72. The van der Waals surface area contributed by atoms with E-state index in [1.807, 2.05) is 0 Å². The molecule has 0 amide bonds. The van der Waals surface area contributed by atoms with Gasteiger partial charge in [-0.15, -0.1) is 0 Å². The molecule has 4 heteroatoms. The van der Waals surface area contributed by atoms with E-state index in [0.717, 1.165) is 11.8 Å². The maximum Gasteiger partial charge on any atom is 0.235 e. The van der Waals surface area contributed by atoms with Crippen LogP contribution in [0.4, 0.5) is 0 Å². The molecule has 0 unspecified atom stereocenters. The van der Waals surface area contributed by atoms with Crippen molar-refractivity contribution in [2.45, 2.75) is 0 Å². The highest BCUT2D eigenvalue weighted by Crippen LogP contribution is 1.98. The zero-order valence-corrected chi connectivity index (χ0v) is 5.15. The van der Waals surface area contributed by atoms with Crippen LogP contribution in [0.5, 0.6) is 0 Å². The molecule has 0 aromatic carbocycles. The van der Waals surface area contributed by atoms with Crippen LogP contribution in [0.25, 0.3) is 6.08 Å². The van der Waals surface area contributed by atoms with Crippen LogP contribution in [-0.4, -0.2) is 9.91 Å². The van der Waals surface area contributed by atoms with Crippen LogP contribution >= 0.6 is 0 Å². The molecule has 0 saturated carbocycles. The molecule has 0 radical (unpaired) electrons. The van der Waals surface area contributed by atoms with Gasteiger partial charge in [0.2, 0.25) is 6.20 Å². The third-order valence-corrected chi connectivity index (χ3v) is 1.01. The minimum absolute atomic E-state index is 0.493. The summed E-state index contributed by atoms with van der Waals surface area (Å²) in [5.41, 5.74) is 0.803. The number of H-pyrrole nitrogens is 1. The Balaban J connectivity index is 2.64. The van der Waals surface area contributed by atoms with Gasteiger partial charge in [0.25, 0.3) is 0 Å². The van der Waals surface area contributed by atoms with Crippen molar-refractivity contribution < 1.29 is 4.92 Å². The summed E-state index contributed by atoms with van der Waals surface area (Å²) >= 11 is 0. The smallest absolute Gasteiger partial charge is 0.235 e. The lowest BCUT2D eigenvalue weighted by molar-refractivity contribution is -0.400. The lowest BCUT2D eigenvalue weighted by Crippen LogP contribution is -1.80. The van der Waals surface area contributed by atoms with E-state index in [-0.39, 0.29) is 0 Å². The molecule has 0 fully saturated rings. The third-order valence-electron chi connectivity index (χ3n) is 1.01. The second kappa shape index (κ2) is 2.82. The molecule has 1 aromatic rings. The molecule has 0 bridgehead atoms. The predicted octanol–water partition coefficient (Wildman–Crippen LogP) is 1.26. The molecular weight excluding hydrogens is 132 g/mol. The molecule has 10 heavy (non-hydrogen) atoms. The van der Waals surface area contributed by atoms with Gasteiger partial charge in [-0.25, -0.2) is 0 Å². The average Bonchev–Trinajstić information content (AvgIpc) is 2.34. The molecule has 52 valence electrons. The van der Waals surface area contributed by atoms with Gasteiger partial charge in [0.1, 0.15) is 0 Å². The van der Waals surface area contributed by atoms with E-state index in [0.29, 0.717) is 0 Å². The van der Waals surface area contributed by atoms with Crippen molar-refractivity contribution >= 4 is 6.08 Å². The number of aromatic amines is 1. The highest BCUT2D eigenvalue weighted by atomic mass is 16.6. The number of nitro groups is 1. The SMILES string of the molecule is O=[N+]([O-])C=Cc1cc[nH]c1. The Bertz CT molecular complexity index is 238. The minimum atomic E-state index is -0.493. The van der Waals surface area contributed by atoms with Crippen LogP contribution in [0, 0.1) is 10.1 Å². The van der Waals surface area contributed by atoms with Crippen molar-refractivity contribution in [3.05, 3.63) is 40.3 Å². The van der Waals surface area contributed by atoms with Crippen molar-refractivity contribution in [2.75, 3.05) is 0 Å². The van der Waals surface area contributed by atoms with Gasteiger partial charge < -0.3 is 4.98 Å². The van der Waals surface area contributed by atoms with Crippen LogP contribution in [0.15, 0.2) is 24.7 Å². The summed E-state index contributed by atoms with van der Waals surface area (Å²) < 4.78 is 0. The lowest BCUT2D eigenvalue weighted by atomic mass is 10.3. The molecular formula is C6H6N2O2. The second-order valence-electron chi connectivity index (χ2n) is 1.75. The highest BCUT2D eigenvalue weighted by molar-refractivity contribution is 5.45. The van der Waals surface area contributed by atoms with E-state index >= 15 is 0 Å². The van der Waals surface area contributed by atoms with Crippen LogP contribution in [0.2, 0.25) is 0 Å². The number of nitrogens with zero attached hydrogens (tertiary/aromatic N) is 1. The summed E-state index contributed by atoms with van der Waals surface area (Å²) in [6.45, 7) is 0. The fraction of sp³-hybridized carbons (Fsp3) is 0. The van der Waals surface area contributed by atoms with Crippen molar-refractivity contribution in [3.63, 3.8) is 0 Å².